The Balaban J connectivity index is 1.76. The fraction of sp³-hybridized carbons (Fsp3) is 0.571. The highest BCUT2D eigenvalue weighted by Crippen LogP contribution is 2.21. The van der Waals surface area contributed by atoms with Gasteiger partial charge in [0.05, 0.1) is 17.9 Å². The predicted octanol–water partition coefficient (Wildman–Crippen LogP) is 0.197. The lowest BCUT2D eigenvalue weighted by Crippen LogP contribution is -2.36. The number of hydrogen-bond acceptors (Lipinski definition) is 4. The van der Waals surface area contributed by atoms with Crippen LogP contribution in [0, 0.1) is 6.92 Å². The summed E-state index contributed by atoms with van der Waals surface area (Å²) in [6.45, 7) is 2.31. The maximum atomic E-state index is 12.5. The summed E-state index contributed by atoms with van der Waals surface area (Å²) in [6.07, 6.45) is 3.23. The first kappa shape index (κ1) is 14.6. The summed E-state index contributed by atoms with van der Waals surface area (Å²) in [5, 5.41) is 13.6. The van der Waals surface area contributed by atoms with Gasteiger partial charge in [0.2, 0.25) is 5.91 Å². The molecule has 0 bridgehead atoms. The molecule has 0 fully saturated rings. The number of aromatic amines is 1. The molecule has 118 valence electrons. The van der Waals surface area contributed by atoms with Gasteiger partial charge < -0.3 is 5.32 Å². The number of amides is 1. The second-order valence-corrected chi connectivity index (χ2v) is 5.70. The van der Waals surface area contributed by atoms with E-state index in [9.17, 15) is 9.59 Å². The Hall–Kier alpha value is -2.38. The Morgan fingerprint density at radius 1 is 1.50 bits per heavy atom. The van der Waals surface area contributed by atoms with Crippen LogP contribution < -0.4 is 11.0 Å². The van der Waals surface area contributed by atoms with Crippen LogP contribution in [0.25, 0.3) is 0 Å². The third-order valence-electron chi connectivity index (χ3n) is 4.06. The van der Waals surface area contributed by atoms with Gasteiger partial charge in [0.25, 0.3) is 0 Å². The molecule has 8 heteroatoms. The summed E-state index contributed by atoms with van der Waals surface area (Å²) in [7, 11) is 1.85. The first-order valence-electron chi connectivity index (χ1n) is 7.49. The smallest absolute Gasteiger partial charge is 0.344 e. The lowest BCUT2D eigenvalue weighted by Gasteiger charge is -2.16. The second kappa shape index (κ2) is 5.78. The molecule has 3 heterocycles. The quantitative estimate of drug-likeness (QED) is 0.846. The number of nitrogens with one attached hydrogen (secondary N) is 2. The number of aromatic nitrogens is 5. The van der Waals surface area contributed by atoms with Gasteiger partial charge >= 0.3 is 5.69 Å². The Morgan fingerprint density at radius 3 is 3.05 bits per heavy atom. The summed E-state index contributed by atoms with van der Waals surface area (Å²) in [5.74, 6) is 0.518. The van der Waals surface area contributed by atoms with Crippen molar-refractivity contribution in [3.8, 4) is 0 Å². The maximum absolute atomic E-state index is 12.5. The van der Waals surface area contributed by atoms with Crippen LogP contribution in [0.5, 0.6) is 0 Å². The van der Waals surface area contributed by atoms with Crippen molar-refractivity contribution in [1.82, 2.24) is 29.9 Å². The van der Waals surface area contributed by atoms with Crippen molar-refractivity contribution in [3.05, 3.63) is 33.8 Å². The van der Waals surface area contributed by atoms with Crippen LogP contribution >= 0.6 is 0 Å². The summed E-state index contributed by atoms with van der Waals surface area (Å²) in [5.41, 5.74) is 1.53. The third kappa shape index (κ3) is 2.68. The Labute approximate surface area is 127 Å². The Kier molecular flexibility index (Phi) is 3.82. The number of H-pyrrole nitrogens is 1. The van der Waals surface area contributed by atoms with Gasteiger partial charge in [-0.25, -0.2) is 9.89 Å². The van der Waals surface area contributed by atoms with Gasteiger partial charge in [-0.2, -0.15) is 10.2 Å². The number of fused-ring (bicyclic) bond motifs is 1. The van der Waals surface area contributed by atoms with Gasteiger partial charge in [-0.3, -0.25) is 14.0 Å². The molecular formula is C14H20N6O2. The molecule has 0 spiro atoms. The van der Waals surface area contributed by atoms with Crippen molar-refractivity contribution < 1.29 is 4.79 Å². The number of carbonyl (C=O) groups excluding carboxylic acids is 1. The summed E-state index contributed by atoms with van der Waals surface area (Å²) >= 11 is 0. The van der Waals surface area contributed by atoms with Crippen molar-refractivity contribution >= 4 is 5.91 Å². The van der Waals surface area contributed by atoms with Crippen LogP contribution in [0.1, 0.15) is 42.5 Å². The Morgan fingerprint density at radius 2 is 2.32 bits per heavy atom. The molecule has 2 N–H and O–H groups in total. The molecule has 1 atom stereocenters. The molecule has 0 aliphatic carbocycles. The lowest BCUT2D eigenvalue weighted by atomic mass is 10.1. The number of nitrogens with zero attached hydrogens (tertiary/aromatic N) is 4. The minimum absolute atomic E-state index is 0.148. The van der Waals surface area contributed by atoms with E-state index in [2.05, 4.69) is 20.6 Å². The van der Waals surface area contributed by atoms with E-state index in [-0.39, 0.29) is 11.6 Å². The fourth-order valence-corrected chi connectivity index (χ4v) is 2.96. The van der Waals surface area contributed by atoms with Crippen LogP contribution in [0.4, 0.5) is 0 Å². The first-order chi connectivity index (χ1) is 10.6. The van der Waals surface area contributed by atoms with Gasteiger partial charge in [-0.05, 0) is 25.8 Å². The molecule has 1 unspecified atom stereocenters. The summed E-state index contributed by atoms with van der Waals surface area (Å²) in [6, 6.07) is 1.45. The highest BCUT2D eigenvalue weighted by molar-refractivity contribution is 5.80. The van der Waals surface area contributed by atoms with Gasteiger partial charge in [0.1, 0.15) is 11.9 Å². The molecule has 0 saturated heterocycles. The van der Waals surface area contributed by atoms with Gasteiger partial charge in [0.15, 0.2) is 0 Å². The molecular weight excluding hydrogens is 284 g/mol. The van der Waals surface area contributed by atoms with E-state index >= 15 is 0 Å². The molecule has 1 aliphatic rings. The van der Waals surface area contributed by atoms with Crippen molar-refractivity contribution in [2.75, 3.05) is 0 Å². The first-order valence-corrected chi connectivity index (χ1v) is 7.49. The van der Waals surface area contributed by atoms with Gasteiger partial charge in [0, 0.05) is 13.5 Å². The van der Waals surface area contributed by atoms with Crippen molar-refractivity contribution in [1.29, 1.82) is 0 Å². The van der Waals surface area contributed by atoms with E-state index in [1.165, 1.54) is 4.57 Å². The monoisotopic (exact) mass is 304 g/mol. The van der Waals surface area contributed by atoms with E-state index in [1.807, 2.05) is 20.0 Å². The molecule has 1 amide bonds. The predicted molar refractivity (Wildman–Crippen MR) is 79.2 cm³/mol. The van der Waals surface area contributed by atoms with Crippen molar-refractivity contribution in [2.24, 2.45) is 7.05 Å². The average Bonchev–Trinajstić information content (AvgIpc) is 2.91. The maximum Gasteiger partial charge on any atom is 0.344 e. The number of rotatable bonds is 3. The Bertz CT molecular complexity index is 741. The normalized spacial score (nSPS) is 17.8. The van der Waals surface area contributed by atoms with Gasteiger partial charge in [-0.15, -0.1) is 0 Å². The standard InChI is InChI=1S/C14H20N6O2/c1-9-7-10(19(2)18-9)8-15-13(21)11-5-3-4-6-12-16-17-14(22)20(11)12/h7,11H,3-6,8H2,1-2H3,(H,15,21)(H,17,22). The SMILES string of the molecule is Cc1cc(CNC(=O)C2CCCCc3n[nH]c(=O)n32)n(C)n1. The minimum atomic E-state index is -0.488. The molecule has 2 aromatic heterocycles. The van der Waals surface area contributed by atoms with Crippen LogP contribution in [-0.2, 0) is 24.8 Å². The third-order valence-corrected chi connectivity index (χ3v) is 4.06. The molecule has 0 saturated carbocycles. The van der Waals surface area contributed by atoms with Crippen LogP contribution in [0.3, 0.4) is 0 Å². The topological polar surface area (TPSA) is 97.6 Å². The van der Waals surface area contributed by atoms with E-state index in [4.69, 9.17) is 0 Å². The fourth-order valence-electron chi connectivity index (χ4n) is 2.96. The molecule has 0 radical (unpaired) electrons. The van der Waals surface area contributed by atoms with Crippen LogP contribution in [0.15, 0.2) is 10.9 Å². The molecule has 22 heavy (non-hydrogen) atoms. The van der Waals surface area contributed by atoms with E-state index in [0.29, 0.717) is 18.8 Å². The van der Waals surface area contributed by atoms with Crippen LogP contribution in [0.2, 0.25) is 0 Å². The van der Waals surface area contributed by atoms with E-state index < -0.39 is 6.04 Å². The summed E-state index contributed by atoms with van der Waals surface area (Å²) < 4.78 is 3.25. The van der Waals surface area contributed by atoms with E-state index in [0.717, 1.165) is 30.7 Å². The molecule has 3 rings (SSSR count). The highest BCUT2D eigenvalue weighted by Gasteiger charge is 2.27. The zero-order valence-corrected chi connectivity index (χ0v) is 12.8. The molecule has 2 aromatic rings. The highest BCUT2D eigenvalue weighted by atomic mass is 16.2. The molecule has 0 aromatic carbocycles. The molecule has 8 nitrogen and oxygen atoms in total. The average molecular weight is 304 g/mol. The minimum Gasteiger partial charge on any atom is -0.349 e. The van der Waals surface area contributed by atoms with Gasteiger partial charge in [-0.1, -0.05) is 6.42 Å². The summed E-state index contributed by atoms with van der Waals surface area (Å²) in [4.78, 5) is 24.4. The van der Waals surface area contributed by atoms with Crippen molar-refractivity contribution in [3.63, 3.8) is 0 Å². The zero-order chi connectivity index (χ0) is 15.7. The second-order valence-electron chi connectivity index (χ2n) is 5.70. The zero-order valence-electron chi connectivity index (χ0n) is 12.8. The number of hydrogen-bond donors (Lipinski definition) is 2. The van der Waals surface area contributed by atoms with Crippen molar-refractivity contribution in [2.45, 2.75) is 45.2 Å². The number of carbonyl (C=O) groups is 1. The van der Waals surface area contributed by atoms with E-state index in [1.54, 1.807) is 4.68 Å². The largest absolute Gasteiger partial charge is 0.349 e. The lowest BCUT2D eigenvalue weighted by molar-refractivity contribution is -0.124. The van der Waals surface area contributed by atoms with Crippen LogP contribution in [-0.4, -0.2) is 30.5 Å². The number of aryl methyl sites for hydroxylation is 3. The molecule has 1 aliphatic heterocycles.